The van der Waals surface area contributed by atoms with Crippen molar-refractivity contribution >= 4 is 60.8 Å². The number of furan rings is 1. The third-order valence-corrected chi connectivity index (χ3v) is 11.2. The van der Waals surface area contributed by atoms with Gasteiger partial charge in [-0.25, -0.2) is 0 Å². The van der Waals surface area contributed by atoms with Crippen LogP contribution in [0.25, 0.3) is 82.8 Å². The van der Waals surface area contributed by atoms with Crippen LogP contribution in [0, 0.1) is 0 Å². The summed E-state index contributed by atoms with van der Waals surface area (Å²) in [7, 11) is 0. The Hall–Kier alpha value is -7.62. The van der Waals surface area contributed by atoms with Crippen LogP contribution >= 0.6 is 0 Å². The topological polar surface area (TPSA) is 21.3 Å². The quantitative estimate of drug-likeness (QED) is 0.163. The van der Waals surface area contributed by atoms with Crippen molar-refractivity contribution in [3.8, 4) is 39.1 Å². The van der Waals surface area contributed by atoms with Gasteiger partial charge in [0.25, 0.3) is 0 Å². The van der Waals surface area contributed by atoms with Gasteiger partial charge in [0, 0.05) is 44.0 Å². The van der Waals surface area contributed by atoms with E-state index in [1.807, 2.05) is 12.1 Å². The molecule has 3 heteroatoms. The van der Waals surface area contributed by atoms with E-state index in [1.165, 1.54) is 38.5 Å². The average Bonchev–Trinajstić information content (AvgIpc) is 3.83. The van der Waals surface area contributed by atoms with Crippen LogP contribution in [0.5, 0.6) is 0 Å². The van der Waals surface area contributed by atoms with Gasteiger partial charge < -0.3 is 13.9 Å². The maximum absolute atomic E-state index is 6.43. The van der Waals surface area contributed by atoms with E-state index in [9.17, 15) is 0 Å². The van der Waals surface area contributed by atoms with E-state index in [4.69, 9.17) is 4.42 Å². The Morgan fingerprint density at radius 1 is 0.333 bits per heavy atom. The van der Waals surface area contributed by atoms with E-state index >= 15 is 0 Å². The zero-order chi connectivity index (χ0) is 37.7. The molecule has 2 heterocycles. The van der Waals surface area contributed by atoms with Crippen molar-refractivity contribution < 1.29 is 4.42 Å². The van der Waals surface area contributed by atoms with Gasteiger partial charge in [-0.15, -0.1) is 0 Å². The molecule has 0 amide bonds. The summed E-state index contributed by atoms with van der Waals surface area (Å²) in [4.78, 5) is 2.44. The molecule has 0 spiro atoms. The molecule has 3 nitrogen and oxygen atoms in total. The minimum absolute atomic E-state index is 0.876. The fraction of sp³-hybridized carbons (Fsp3) is 0. The lowest BCUT2D eigenvalue weighted by Gasteiger charge is -2.30. The molecule has 2 aromatic heterocycles. The average molecular weight is 729 g/mol. The molecule has 268 valence electrons. The van der Waals surface area contributed by atoms with Crippen LogP contribution in [0.4, 0.5) is 17.1 Å². The summed E-state index contributed by atoms with van der Waals surface area (Å²) in [5.41, 5.74) is 15.3. The van der Waals surface area contributed by atoms with E-state index in [2.05, 4.69) is 216 Å². The molecule has 11 aromatic rings. The van der Waals surface area contributed by atoms with Gasteiger partial charge in [-0.05, 0) is 82.9 Å². The summed E-state index contributed by atoms with van der Waals surface area (Å²) in [5.74, 6) is 0. The highest BCUT2D eigenvalue weighted by atomic mass is 16.3. The summed E-state index contributed by atoms with van der Waals surface area (Å²) >= 11 is 0. The van der Waals surface area contributed by atoms with Crippen LogP contribution in [0.3, 0.4) is 0 Å². The molecule has 0 fully saturated rings. The third-order valence-electron chi connectivity index (χ3n) is 11.2. The summed E-state index contributed by atoms with van der Waals surface area (Å²) < 4.78 is 8.82. The fourth-order valence-corrected chi connectivity index (χ4v) is 8.67. The highest BCUT2D eigenvalue weighted by Crippen LogP contribution is 2.47. The molecule has 0 radical (unpaired) electrons. The van der Waals surface area contributed by atoms with Crippen LogP contribution in [0.2, 0.25) is 0 Å². The van der Waals surface area contributed by atoms with Gasteiger partial charge in [0.1, 0.15) is 11.2 Å². The van der Waals surface area contributed by atoms with Crippen LogP contribution < -0.4 is 4.90 Å². The predicted octanol–water partition coefficient (Wildman–Crippen LogP) is 15.2. The Morgan fingerprint density at radius 3 is 1.65 bits per heavy atom. The standard InChI is InChI=1S/C54H36N2O/c1-2-17-37(18-3-1)41-21-4-5-23-43(41)44-24-7-12-29-50(44)55(39-19-16-20-40(36-39)56-51-30-13-8-25-45(51)46-26-9-14-31-52(46)56)49-28-11-6-22-42(49)38-33-34-48-47-27-10-15-32-53(47)57-54(48)35-38/h1-36H. The second kappa shape index (κ2) is 13.6. The van der Waals surface area contributed by atoms with Crippen molar-refractivity contribution in [3.05, 3.63) is 218 Å². The zero-order valence-electron chi connectivity index (χ0n) is 31.1. The molecule has 57 heavy (non-hydrogen) atoms. The van der Waals surface area contributed by atoms with E-state index < -0.39 is 0 Å². The van der Waals surface area contributed by atoms with Gasteiger partial charge in [-0.1, -0.05) is 158 Å². The van der Waals surface area contributed by atoms with Gasteiger partial charge in [-0.3, -0.25) is 0 Å². The maximum atomic E-state index is 6.43. The molecule has 0 aliphatic rings. The van der Waals surface area contributed by atoms with Crippen molar-refractivity contribution in [2.24, 2.45) is 0 Å². The number of fused-ring (bicyclic) bond motifs is 6. The number of anilines is 3. The van der Waals surface area contributed by atoms with Crippen molar-refractivity contribution in [2.75, 3.05) is 4.90 Å². The molecule has 0 saturated carbocycles. The van der Waals surface area contributed by atoms with Crippen LogP contribution in [0.15, 0.2) is 223 Å². The maximum Gasteiger partial charge on any atom is 0.136 e. The summed E-state index contributed by atoms with van der Waals surface area (Å²) in [6.07, 6.45) is 0. The number of hydrogen-bond acceptors (Lipinski definition) is 2. The summed E-state index contributed by atoms with van der Waals surface area (Å²) in [6, 6.07) is 78.2. The Bertz CT molecular complexity index is 3210. The second-order valence-corrected chi connectivity index (χ2v) is 14.5. The normalized spacial score (nSPS) is 11.5. The molecule has 0 unspecified atom stereocenters. The Kier molecular flexibility index (Phi) is 7.82. The molecular formula is C54H36N2O. The number of aromatic nitrogens is 1. The second-order valence-electron chi connectivity index (χ2n) is 14.5. The molecule has 11 rings (SSSR count). The number of rotatable bonds is 7. The minimum atomic E-state index is 0.876. The van der Waals surface area contributed by atoms with E-state index in [0.717, 1.165) is 61.4 Å². The monoisotopic (exact) mass is 728 g/mol. The van der Waals surface area contributed by atoms with Crippen LogP contribution in [-0.2, 0) is 0 Å². The van der Waals surface area contributed by atoms with E-state index in [-0.39, 0.29) is 0 Å². The van der Waals surface area contributed by atoms with Gasteiger partial charge in [0.15, 0.2) is 0 Å². The van der Waals surface area contributed by atoms with Crippen LogP contribution in [-0.4, -0.2) is 4.57 Å². The molecule has 0 bridgehead atoms. The first-order chi connectivity index (χ1) is 28.3. The zero-order valence-corrected chi connectivity index (χ0v) is 31.1. The molecule has 0 aliphatic heterocycles. The number of para-hydroxylation sites is 5. The largest absolute Gasteiger partial charge is 0.456 e. The van der Waals surface area contributed by atoms with E-state index in [1.54, 1.807) is 0 Å². The molecule has 0 aliphatic carbocycles. The van der Waals surface area contributed by atoms with Gasteiger partial charge in [0.05, 0.1) is 22.4 Å². The van der Waals surface area contributed by atoms with Crippen molar-refractivity contribution in [3.63, 3.8) is 0 Å². The third kappa shape index (κ3) is 5.51. The van der Waals surface area contributed by atoms with Crippen molar-refractivity contribution in [2.45, 2.75) is 0 Å². The number of nitrogens with zero attached hydrogens (tertiary/aromatic N) is 2. The molecule has 9 aromatic carbocycles. The van der Waals surface area contributed by atoms with Crippen molar-refractivity contribution in [1.82, 2.24) is 4.57 Å². The Labute approximate surface area is 330 Å². The summed E-state index contributed by atoms with van der Waals surface area (Å²) in [5, 5.41) is 4.72. The first-order valence-corrected chi connectivity index (χ1v) is 19.4. The smallest absolute Gasteiger partial charge is 0.136 e. The molecule has 0 atom stereocenters. The minimum Gasteiger partial charge on any atom is -0.456 e. The summed E-state index contributed by atoms with van der Waals surface area (Å²) in [6.45, 7) is 0. The lowest BCUT2D eigenvalue weighted by Crippen LogP contribution is -2.13. The Morgan fingerprint density at radius 2 is 0.895 bits per heavy atom. The molecule has 0 saturated heterocycles. The Balaban J connectivity index is 1.16. The molecular weight excluding hydrogens is 693 g/mol. The molecule has 0 N–H and O–H groups in total. The number of benzene rings is 9. The van der Waals surface area contributed by atoms with Gasteiger partial charge in [0.2, 0.25) is 0 Å². The first kappa shape index (κ1) is 32.8. The van der Waals surface area contributed by atoms with Crippen LogP contribution in [0.1, 0.15) is 0 Å². The highest BCUT2D eigenvalue weighted by molar-refractivity contribution is 6.10. The fourth-order valence-electron chi connectivity index (χ4n) is 8.67. The SMILES string of the molecule is c1ccc(-c2ccccc2-c2ccccc2N(c2cccc(-n3c4ccccc4c4ccccc43)c2)c2ccccc2-c2ccc3c(c2)oc2ccccc23)cc1. The predicted molar refractivity (Wildman–Crippen MR) is 239 cm³/mol. The van der Waals surface area contributed by atoms with E-state index in [0.29, 0.717) is 0 Å². The van der Waals surface area contributed by atoms with Crippen molar-refractivity contribution in [1.29, 1.82) is 0 Å². The van der Waals surface area contributed by atoms with Gasteiger partial charge in [-0.2, -0.15) is 0 Å². The number of hydrogen-bond donors (Lipinski definition) is 0. The lowest BCUT2D eigenvalue weighted by atomic mass is 9.92. The highest BCUT2D eigenvalue weighted by Gasteiger charge is 2.23. The first-order valence-electron chi connectivity index (χ1n) is 19.4. The van der Waals surface area contributed by atoms with Gasteiger partial charge >= 0.3 is 0 Å². The lowest BCUT2D eigenvalue weighted by molar-refractivity contribution is 0.669.